The normalized spacial score (nSPS) is 10.8. The van der Waals surface area contributed by atoms with Crippen molar-refractivity contribution in [3.8, 4) is 11.8 Å². The maximum atomic E-state index is 12.3. The van der Waals surface area contributed by atoms with Gasteiger partial charge in [-0.3, -0.25) is 4.79 Å². The molecule has 1 amide bonds. The Hall–Kier alpha value is -1.82. The molecular formula is C19H13BrClIN2O2. The van der Waals surface area contributed by atoms with Gasteiger partial charge in [-0.1, -0.05) is 30.3 Å². The first-order chi connectivity index (χ1) is 12.4. The lowest BCUT2D eigenvalue weighted by Gasteiger charge is -2.10. The van der Waals surface area contributed by atoms with E-state index < -0.39 is 5.91 Å². The SMILES string of the molecule is C=CCOc1c(Br)cc(/C=C(\C#N)C(=O)Nc2cccc(Cl)c2)cc1I. The smallest absolute Gasteiger partial charge is 0.266 e. The molecule has 0 aliphatic carbocycles. The summed E-state index contributed by atoms with van der Waals surface area (Å²) in [5.74, 6) is 0.178. The molecule has 132 valence electrons. The Morgan fingerprint density at radius 2 is 2.19 bits per heavy atom. The van der Waals surface area contributed by atoms with Crippen LogP contribution in [0.5, 0.6) is 5.75 Å². The van der Waals surface area contributed by atoms with E-state index in [2.05, 4.69) is 50.4 Å². The van der Waals surface area contributed by atoms with Crippen LogP contribution in [0.15, 0.2) is 59.1 Å². The maximum absolute atomic E-state index is 12.3. The molecule has 0 saturated carbocycles. The summed E-state index contributed by atoms with van der Waals surface area (Å²) in [6.45, 7) is 4.01. The minimum Gasteiger partial charge on any atom is -0.487 e. The van der Waals surface area contributed by atoms with Gasteiger partial charge in [0.2, 0.25) is 0 Å². The second-order valence-corrected chi connectivity index (χ2v) is 7.50. The molecule has 0 fully saturated rings. The van der Waals surface area contributed by atoms with Crippen molar-refractivity contribution in [1.29, 1.82) is 5.26 Å². The number of carbonyl (C=O) groups is 1. The van der Waals surface area contributed by atoms with Gasteiger partial charge in [-0.2, -0.15) is 5.26 Å². The Kier molecular flexibility index (Phi) is 7.69. The van der Waals surface area contributed by atoms with Gasteiger partial charge in [-0.25, -0.2) is 0 Å². The summed E-state index contributed by atoms with van der Waals surface area (Å²) in [7, 11) is 0. The molecule has 2 aromatic rings. The predicted octanol–water partition coefficient (Wildman–Crippen LogP) is 5.82. The standard InChI is InChI=1S/C19H13BrClIN2O2/c1-2-6-26-18-16(20)8-12(9-17(18)22)7-13(11-23)19(25)24-15-5-3-4-14(21)10-15/h2-5,7-10H,1,6H2,(H,24,25)/b13-7+. The van der Waals surface area contributed by atoms with Gasteiger partial charge < -0.3 is 10.1 Å². The topological polar surface area (TPSA) is 62.1 Å². The molecule has 2 rings (SSSR count). The second-order valence-electron chi connectivity index (χ2n) is 5.05. The van der Waals surface area contributed by atoms with Gasteiger partial charge in [-0.05, 0) is 80.5 Å². The summed E-state index contributed by atoms with van der Waals surface area (Å²) in [6, 6.07) is 12.3. The van der Waals surface area contributed by atoms with Crippen molar-refractivity contribution in [2.45, 2.75) is 0 Å². The Morgan fingerprint density at radius 1 is 1.42 bits per heavy atom. The number of halogens is 3. The van der Waals surface area contributed by atoms with Crippen LogP contribution in [0.1, 0.15) is 5.56 Å². The van der Waals surface area contributed by atoms with E-state index in [1.807, 2.05) is 12.1 Å². The third-order valence-electron chi connectivity index (χ3n) is 3.12. The van der Waals surface area contributed by atoms with E-state index >= 15 is 0 Å². The molecule has 0 aliphatic heterocycles. The number of hydrogen-bond acceptors (Lipinski definition) is 3. The fraction of sp³-hybridized carbons (Fsp3) is 0.0526. The molecule has 0 unspecified atom stereocenters. The Morgan fingerprint density at radius 3 is 2.81 bits per heavy atom. The van der Waals surface area contributed by atoms with Crippen LogP contribution >= 0.6 is 50.1 Å². The van der Waals surface area contributed by atoms with E-state index in [4.69, 9.17) is 16.3 Å². The van der Waals surface area contributed by atoms with Crippen molar-refractivity contribution < 1.29 is 9.53 Å². The minimum absolute atomic E-state index is 0.0209. The molecule has 0 saturated heterocycles. The highest BCUT2D eigenvalue weighted by molar-refractivity contribution is 14.1. The van der Waals surface area contributed by atoms with E-state index in [1.165, 1.54) is 6.08 Å². The Bertz CT molecular complexity index is 899. The highest BCUT2D eigenvalue weighted by atomic mass is 127. The van der Waals surface area contributed by atoms with E-state index in [1.54, 1.807) is 36.4 Å². The number of nitriles is 1. The maximum Gasteiger partial charge on any atom is 0.266 e. The van der Waals surface area contributed by atoms with Crippen LogP contribution in [0.2, 0.25) is 5.02 Å². The number of benzene rings is 2. The lowest BCUT2D eigenvalue weighted by atomic mass is 10.1. The zero-order chi connectivity index (χ0) is 19.1. The highest BCUT2D eigenvalue weighted by Crippen LogP contribution is 2.32. The van der Waals surface area contributed by atoms with Crippen molar-refractivity contribution in [3.05, 3.63) is 73.3 Å². The van der Waals surface area contributed by atoms with Crippen molar-refractivity contribution in [1.82, 2.24) is 0 Å². The zero-order valence-corrected chi connectivity index (χ0v) is 17.9. The van der Waals surface area contributed by atoms with Gasteiger partial charge in [0.05, 0.1) is 8.04 Å². The number of amides is 1. The minimum atomic E-state index is -0.507. The number of rotatable bonds is 6. The van der Waals surface area contributed by atoms with Crippen molar-refractivity contribution in [2.75, 3.05) is 11.9 Å². The summed E-state index contributed by atoms with van der Waals surface area (Å²) in [4.78, 5) is 12.3. The molecule has 0 bridgehead atoms. The molecule has 0 aliphatic rings. The highest BCUT2D eigenvalue weighted by Gasteiger charge is 2.12. The van der Waals surface area contributed by atoms with E-state index in [0.717, 1.165) is 8.04 Å². The zero-order valence-electron chi connectivity index (χ0n) is 13.4. The summed E-state index contributed by atoms with van der Waals surface area (Å²) in [6.07, 6.45) is 3.17. The fourth-order valence-electron chi connectivity index (χ4n) is 2.02. The third-order valence-corrected chi connectivity index (χ3v) is 4.75. The monoisotopic (exact) mass is 542 g/mol. The second kappa shape index (κ2) is 9.76. The van der Waals surface area contributed by atoms with Crippen LogP contribution in [0, 0.1) is 14.9 Å². The predicted molar refractivity (Wildman–Crippen MR) is 116 cm³/mol. The number of nitrogens with zero attached hydrogens (tertiary/aromatic N) is 1. The first kappa shape index (κ1) is 20.5. The molecule has 1 N–H and O–H groups in total. The van der Waals surface area contributed by atoms with Crippen LogP contribution in [-0.2, 0) is 4.79 Å². The number of anilines is 1. The fourth-order valence-corrected chi connectivity index (χ4v) is 3.98. The van der Waals surface area contributed by atoms with E-state index in [9.17, 15) is 10.1 Å². The first-order valence-corrected chi connectivity index (χ1v) is 9.61. The average Bonchev–Trinajstić information content (AvgIpc) is 2.59. The number of ether oxygens (including phenoxy) is 1. The number of hydrogen-bond donors (Lipinski definition) is 1. The molecular weight excluding hydrogens is 530 g/mol. The average molecular weight is 544 g/mol. The van der Waals surface area contributed by atoms with Crippen LogP contribution in [0.4, 0.5) is 5.69 Å². The molecule has 7 heteroatoms. The van der Waals surface area contributed by atoms with E-state index in [-0.39, 0.29) is 5.57 Å². The van der Waals surface area contributed by atoms with Gasteiger partial charge in [0.25, 0.3) is 5.91 Å². The lowest BCUT2D eigenvalue weighted by Crippen LogP contribution is -2.13. The molecule has 26 heavy (non-hydrogen) atoms. The van der Waals surface area contributed by atoms with Gasteiger partial charge in [0.1, 0.15) is 24.0 Å². The molecule has 2 aromatic carbocycles. The van der Waals surface area contributed by atoms with Crippen LogP contribution in [0.25, 0.3) is 6.08 Å². The summed E-state index contributed by atoms with van der Waals surface area (Å²) >= 11 is 11.5. The van der Waals surface area contributed by atoms with Gasteiger partial charge >= 0.3 is 0 Å². The molecule has 0 atom stereocenters. The Labute approximate surface area is 178 Å². The lowest BCUT2D eigenvalue weighted by molar-refractivity contribution is -0.112. The molecule has 0 aromatic heterocycles. The Balaban J connectivity index is 2.26. The van der Waals surface area contributed by atoms with Gasteiger partial charge in [-0.15, -0.1) is 0 Å². The van der Waals surface area contributed by atoms with Crippen molar-refractivity contribution in [3.63, 3.8) is 0 Å². The van der Waals surface area contributed by atoms with Crippen molar-refractivity contribution >= 4 is 67.8 Å². The molecule has 4 nitrogen and oxygen atoms in total. The van der Waals surface area contributed by atoms with Gasteiger partial charge in [0, 0.05) is 10.7 Å². The van der Waals surface area contributed by atoms with Crippen molar-refractivity contribution in [2.24, 2.45) is 0 Å². The van der Waals surface area contributed by atoms with E-state index in [0.29, 0.717) is 28.6 Å². The largest absolute Gasteiger partial charge is 0.487 e. The van der Waals surface area contributed by atoms with Crippen LogP contribution in [-0.4, -0.2) is 12.5 Å². The number of nitrogens with one attached hydrogen (secondary N) is 1. The first-order valence-electron chi connectivity index (χ1n) is 7.36. The summed E-state index contributed by atoms with van der Waals surface area (Å²) < 4.78 is 7.16. The van der Waals surface area contributed by atoms with Crippen LogP contribution < -0.4 is 10.1 Å². The molecule has 0 spiro atoms. The summed E-state index contributed by atoms with van der Waals surface area (Å²) in [5.41, 5.74) is 1.20. The van der Waals surface area contributed by atoms with Crippen LogP contribution in [0.3, 0.4) is 0 Å². The third kappa shape index (κ3) is 5.59. The van der Waals surface area contributed by atoms with Gasteiger partial charge in [0.15, 0.2) is 0 Å². The molecule has 0 radical (unpaired) electrons. The number of carbonyl (C=O) groups excluding carboxylic acids is 1. The summed E-state index contributed by atoms with van der Waals surface area (Å²) in [5, 5.41) is 12.5. The molecule has 0 heterocycles. The quantitative estimate of drug-likeness (QED) is 0.216.